The Kier molecular flexibility index (Phi) is 5.73. The van der Waals surface area contributed by atoms with E-state index in [1.807, 2.05) is 58.5 Å². The smallest absolute Gasteiger partial charge is 0.257 e. The Balaban J connectivity index is 1.24. The summed E-state index contributed by atoms with van der Waals surface area (Å²) in [5, 5.41) is 5.55. The third-order valence-electron chi connectivity index (χ3n) is 5.51. The number of carbonyl (C=O) groups is 1. The Hall–Kier alpha value is -3.07. The first kappa shape index (κ1) is 20.8. The first-order valence-corrected chi connectivity index (χ1v) is 11.6. The third kappa shape index (κ3) is 4.43. The number of para-hydroxylation sites is 2. The number of nitrogens with zero attached hydrogens (tertiary/aromatic N) is 4. The van der Waals surface area contributed by atoms with Crippen LogP contribution in [-0.4, -0.2) is 50.6 Å². The van der Waals surface area contributed by atoms with E-state index in [9.17, 15) is 4.79 Å². The predicted molar refractivity (Wildman–Crippen MR) is 126 cm³/mol. The first-order chi connectivity index (χ1) is 15.5. The average molecular weight is 448 g/mol. The zero-order valence-corrected chi connectivity index (χ0v) is 18.9. The summed E-state index contributed by atoms with van der Waals surface area (Å²) in [5.41, 5.74) is 4.49. The summed E-state index contributed by atoms with van der Waals surface area (Å²) in [4.78, 5) is 24.1. The summed E-state index contributed by atoms with van der Waals surface area (Å²) >= 11 is 1.45. The molecule has 0 unspecified atom stereocenters. The molecule has 5 rings (SSSR count). The molecule has 1 aliphatic heterocycles. The molecule has 7 nitrogen and oxygen atoms in total. The van der Waals surface area contributed by atoms with E-state index in [4.69, 9.17) is 4.74 Å². The van der Waals surface area contributed by atoms with Gasteiger partial charge in [-0.05, 0) is 50.2 Å². The van der Waals surface area contributed by atoms with Gasteiger partial charge in [-0.3, -0.25) is 19.6 Å². The van der Waals surface area contributed by atoms with E-state index in [1.54, 1.807) is 6.33 Å². The molecule has 0 spiro atoms. The second-order valence-electron chi connectivity index (χ2n) is 8.20. The minimum atomic E-state index is -0.165. The molecule has 1 amide bonds. The van der Waals surface area contributed by atoms with Gasteiger partial charge < -0.3 is 4.74 Å². The van der Waals surface area contributed by atoms with E-state index in [1.165, 1.54) is 11.3 Å². The summed E-state index contributed by atoms with van der Waals surface area (Å²) in [6.45, 7) is 6.73. The van der Waals surface area contributed by atoms with Crippen LogP contribution in [-0.2, 0) is 11.3 Å². The monoisotopic (exact) mass is 447 g/mol. The minimum Gasteiger partial charge on any atom is -0.373 e. The van der Waals surface area contributed by atoms with Crippen LogP contribution in [0.2, 0.25) is 0 Å². The number of carbonyl (C=O) groups excluding carboxylic acids is 1. The predicted octanol–water partition coefficient (Wildman–Crippen LogP) is 4.34. The van der Waals surface area contributed by atoms with Gasteiger partial charge in [-0.2, -0.15) is 0 Å². The number of amides is 1. The number of aromatic nitrogens is 3. The van der Waals surface area contributed by atoms with Gasteiger partial charge in [0, 0.05) is 36.3 Å². The highest BCUT2D eigenvalue weighted by Crippen LogP contribution is 2.21. The highest BCUT2D eigenvalue weighted by Gasteiger charge is 2.23. The van der Waals surface area contributed by atoms with Crippen molar-refractivity contribution in [3.63, 3.8) is 0 Å². The maximum atomic E-state index is 12.7. The second kappa shape index (κ2) is 8.82. The van der Waals surface area contributed by atoms with E-state index in [0.29, 0.717) is 10.7 Å². The van der Waals surface area contributed by atoms with Gasteiger partial charge in [0.2, 0.25) is 0 Å². The van der Waals surface area contributed by atoms with Crippen LogP contribution in [0.3, 0.4) is 0 Å². The molecule has 1 aliphatic rings. The number of anilines is 1. The largest absolute Gasteiger partial charge is 0.373 e. The molecular weight excluding hydrogens is 422 g/mol. The van der Waals surface area contributed by atoms with Crippen LogP contribution in [0, 0.1) is 0 Å². The van der Waals surface area contributed by atoms with Crippen molar-refractivity contribution in [1.29, 1.82) is 0 Å². The van der Waals surface area contributed by atoms with Crippen LogP contribution >= 0.6 is 11.3 Å². The van der Waals surface area contributed by atoms with Crippen molar-refractivity contribution in [2.45, 2.75) is 32.6 Å². The number of fused-ring (bicyclic) bond motifs is 1. The van der Waals surface area contributed by atoms with Crippen LogP contribution in [0.15, 0.2) is 60.2 Å². The minimum absolute atomic E-state index is 0.165. The molecule has 0 bridgehead atoms. The summed E-state index contributed by atoms with van der Waals surface area (Å²) in [7, 11) is 0. The number of nitrogens with one attached hydrogen (secondary N) is 1. The van der Waals surface area contributed by atoms with Crippen molar-refractivity contribution >= 4 is 33.4 Å². The van der Waals surface area contributed by atoms with E-state index in [-0.39, 0.29) is 18.1 Å². The van der Waals surface area contributed by atoms with Gasteiger partial charge in [0.15, 0.2) is 5.13 Å². The summed E-state index contributed by atoms with van der Waals surface area (Å²) in [5.74, 6) is -0.165. The summed E-state index contributed by atoms with van der Waals surface area (Å²) in [6, 6.07) is 15.5. The normalized spacial score (nSPS) is 19.3. The molecule has 1 fully saturated rings. The molecule has 0 radical (unpaired) electrons. The van der Waals surface area contributed by atoms with Gasteiger partial charge >= 0.3 is 0 Å². The van der Waals surface area contributed by atoms with Crippen molar-refractivity contribution in [3.05, 3.63) is 71.5 Å². The molecule has 32 heavy (non-hydrogen) atoms. The molecule has 8 heteroatoms. The molecule has 2 atom stereocenters. The average Bonchev–Trinajstić information content (AvgIpc) is 3.40. The SMILES string of the molecule is C[C@@H]1CN(Cc2csc(NC(=O)c3ccc(-n4cnc5ccccc54)cc3)n2)C[C@H](C)O1. The van der Waals surface area contributed by atoms with Gasteiger partial charge in [0.1, 0.15) is 6.33 Å². The standard InChI is InChI=1S/C24H25N5O2S/c1-16-11-28(12-17(2)31-16)13-19-14-32-24(26-19)27-23(30)18-7-9-20(10-8-18)29-15-25-21-5-3-4-6-22(21)29/h3-10,14-17H,11-13H2,1-2H3,(H,26,27,30)/t16-,17+. The maximum absolute atomic E-state index is 12.7. The highest BCUT2D eigenvalue weighted by molar-refractivity contribution is 7.14. The zero-order chi connectivity index (χ0) is 22.1. The molecule has 0 saturated carbocycles. The van der Waals surface area contributed by atoms with Gasteiger partial charge in [0.05, 0.1) is 28.9 Å². The number of ether oxygens (including phenoxy) is 1. The van der Waals surface area contributed by atoms with Gasteiger partial charge in [-0.15, -0.1) is 11.3 Å². The van der Waals surface area contributed by atoms with Crippen LogP contribution < -0.4 is 5.32 Å². The maximum Gasteiger partial charge on any atom is 0.257 e. The second-order valence-corrected chi connectivity index (χ2v) is 9.06. The fraction of sp³-hybridized carbons (Fsp3) is 0.292. The van der Waals surface area contributed by atoms with Crippen molar-refractivity contribution in [2.75, 3.05) is 18.4 Å². The molecule has 1 N–H and O–H groups in total. The van der Waals surface area contributed by atoms with E-state index >= 15 is 0 Å². The Bertz CT molecular complexity index is 1220. The Labute approximate surface area is 190 Å². The molecule has 0 aliphatic carbocycles. The van der Waals surface area contributed by atoms with Crippen LogP contribution in [0.1, 0.15) is 29.9 Å². The first-order valence-electron chi connectivity index (χ1n) is 10.7. The molecule has 4 aromatic rings. The number of rotatable bonds is 5. The molecule has 2 aromatic heterocycles. The lowest BCUT2D eigenvalue weighted by molar-refractivity contribution is -0.0707. The number of thiazole rings is 1. The molecule has 164 valence electrons. The number of imidazole rings is 1. The van der Waals surface area contributed by atoms with E-state index in [2.05, 4.69) is 34.0 Å². The number of morpholine rings is 1. The summed E-state index contributed by atoms with van der Waals surface area (Å²) in [6.07, 6.45) is 2.24. The van der Waals surface area contributed by atoms with Crippen LogP contribution in [0.4, 0.5) is 5.13 Å². The lowest BCUT2D eigenvalue weighted by Gasteiger charge is -2.34. The fourth-order valence-electron chi connectivity index (χ4n) is 4.19. The Morgan fingerprint density at radius 2 is 1.88 bits per heavy atom. The van der Waals surface area contributed by atoms with Crippen LogP contribution in [0.5, 0.6) is 0 Å². The third-order valence-corrected chi connectivity index (χ3v) is 6.32. The highest BCUT2D eigenvalue weighted by atomic mass is 32.1. The molecule has 2 aromatic carbocycles. The van der Waals surface area contributed by atoms with Crippen molar-refractivity contribution in [2.24, 2.45) is 0 Å². The quantitative estimate of drug-likeness (QED) is 0.493. The zero-order valence-electron chi connectivity index (χ0n) is 18.1. The lowest BCUT2D eigenvalue weighted by Crippen LogP contribution is -2.44. The molecular formula is C24H25N5O2S. The van der Waals surface area contributed by atoms with Gasteiger partial charge in [-0.1, -0.05) is 12.1 Å². The Morgan fingerprint density at radius 1 is 1.12 bits per heavy atom. The number of benzene rings is 2. The van der Waals surface area contributed by atoms with Crippen molar-refractivity contribution < 1.29 is 9.53 Å². The van der Waals surface area contributed by atoms with Crippen LogP contribution in [0.25, 0.3) is 16.7 Å². The van der Waals surface area contributed by atoms with Crippen molar-refractivity contribution in [1.82, 2.24) is 19.4 Å². The van der Waals surface area contributed by atoms with Crippen molar-refractivity contribution in [3.8, 4) is 5.69 Å². The Morgan fingerprint density at radius 3 is 2.66 bits per heavy atom. The topological polar surface area (TPSA) is 72.3 Å². The number of hydrogen-bond donors (Lipinski definition) is 1. The fourth-order valence-corrected chi connectivity index (χ4v) is 4.88. The lowest BCUT2D eigenvalue weighted by atomic mass is 10.2. The van der Waals surface area contributed by atoms with Gasteiger partial charge in [-0.25, -0.2) is 9.97 Å². The molecule has 1 saturated heterocycles. The van der Waals surface area contributed by atoms with E-state index in [0.717, 1.165) is 42.0 Å². The van der Waals surface area contributed by atoms with Gasteiger partial charge in [0.25, 0.3) is 5.91 Å². The molecule has 3 heterocycles. The summed E-state index contributed by atoms with van der Waals surface area (Å²) < 4.78 is 7.80. The number of hydrogen-bond acceptors (Lipinski definition) is 6. The van der Waals surface area contributed by atoms with E-state index < -0.39 is 0 Å².